The molecule has 0 saturated heterocycles. The van der Waals surface area contributed by atoms with Crippen LogP contribution in [-0.2, 0) is 0 Å². The monoisotopic (exact) mass is 229 g/mol. The van der Waals surface area contributed by atoms with Crippen molar-refractivity contribution in [2.75, 3.05) is 11.9 Å². The highest BCUT2D eigenvalue weighted by atomic mass is 35.5. The Bertz CT molecular complexity index is 330. The van der Waals surface area contributed by atoms with E-state index in [0.717, 1.165) is 5.56 Å². The van der Waals surface area contributed by atoms with E-state index in [0.29, 0.717) is 12.4 Å². The molecular weight excluding hydrogens is 214 g/mol. The normalized spacial score (nSPS) is 12.9. The van der Waals surface area contributed by atoms with Gasteiger partial charge in [0.1, 0.15) is 5.82 Å². The first-order chi connectivity index (χ1) is 7.00. The molecule has 0 aromatic carbocycles. The van der Waals surface area contributed by atoms with Gasteiger partial charge in [-0.05, 0) is 24.4 Å². The van der Waals surface area contributed by atoms with Crippen LogP contribution in [0, 0.1) is 12.8 Å². The topological polar surface area (TPSA) is 58.0 Å². The lowest BCUT2D eigenvalue weighted by atomic mass is 10.1. The van der Waals surface area contributed by atoms with Crippen molar-refractivity contribution in [3.63, 3.8) is 0 Å². The van der Waals surface area contributed by atoms with Gasteiger partial charge in [-0.2, -0.15) is 0 Å². The van der Waals surface area contributed by atoms with E-state index in [1.54, 1.807) is 6.20 Å². The second kappa shape index (κ2) is 5.28. The zero-order chi connectivity index (χ0) is 11.4. The molecule has 0 bridgehead atoms. The van der Waals surface area contributed by atoms with Gasteiger partial charge in [-0.15, -0.1) is 0 Å². The van der Waals surface area contributed by atoms with Gasteiger partial charge in [-0.3, -0.25) is 0 Å². The van der Waals surface area contributed by atoms with Crippen LogP contribution in [-0.4, -0.2) is 27.7 Å². The average Bonchev–Trinajstić information content (AvgIpc) is 2.18. The molecule has 0 aliphatic heterocycles. The van der Waals surface area contributed by atoms with Gasteiger partial charge in [0, 0.05) is 18.3 Å². The summed E-state index contributed by atoms with van der Waals surface area (Å²) in [4.78, 5) is 7.89. The molecule has 84 valence electrons. The summed E-state index contributed by atoms with van der Waals surface area (Å²) in [7, 11) is 0. The van der Waals surface area contributed by atoms with E-state index in [1.807, 2.05) is 20.8 Å². The summed E-state index contributed by atoms with van der Waals surface area (Å²) < 4.78 is 0. The van der Waals surface area contributed by atoms with Gasteiger partial charge in [0.2, 0.25) is 5.28 Å². The third kappa shape index (κ3) is 3.64. The molecule has 2 N–H and O–H groups in total. The number of anilines is 1. The highest BCUT2D eigenvalue weighted by Crippen LogP contribution is 2.13. The van der Waals surface area contributed by atoms with Gasteiger partial charge in [0.15, 0.2) is 0 Å². The van der Waals surface area contributed by atoms with E-state index >= 15 is 0 Å². The fraction of sp³-hybridized carbons (Fsp3) is 0.600. The van der Waals surface area contributed by atoms with Gasteiger partial charge in [-0.1, -0.05) is 13.8 Å². The molecule has 0 saturated carbocycles. The van der Waals surface area contributed by atoms with Gasteiger partial charge in [0.25, 0.3) is 0 Å². The fourth-order valence-electron chi connectivity index (χ4n) is 1.04. The summed E-state index contributed by atoms with van der Waals surface area (Å²) >= 11 is 5.67. The van der Waals surface area contributed by atoms with Crippen LogP contribution in [0.1, 0.15) is 19.4 Å². The first-order valence-corrected chi connectivity index (χ1v) is 5.29. The average molecular weight is 230 g/mol. The van der Waals surface area contributed by atoms with E-state index in [2.05, 4.69) is 15.3 Å². The molecule has 0 spiro atoms. The summed E-state index contributed by atoms with van der Waals surface area (Å²) in [6.45, 7) is 6.28. The maximum absolute atomic E-state index is 9.61. The van der Waals surface area contributed by atoms with Crippen LogP contribution in [0.2, 0.25) is 5.28 Å². The zero-order valence-electron chi connectivity index (χ0n) is 9.16. The number of aryl methyl sites for hydroxylation is 1. The number of aromatic nitrogens is 2. The molecular formula is C10H16ClN3O. The van der Waals surface area contributed by atoms with E-state index < -0.39 is 6.10 Å². The highest BCUT2D eigenvalue weighted by molar-refractivity contribution is 6.28. The number of aliphatic hydroxyl groups excluding tert-OH is 1. The maximum atomic E-state index is 9.61. The lowest BCUT2D eigenvalue weighted by Gasteiger charge is -2.16. The maximum Gasteiger partial charge on any atom is 0.224 e. The summed E-state index contributed by atoms with van der Waals surface area (Å²) in [5.41, 5.74) is 0.912. The van der Waals surface area contributed by atoms with Crippen molar-refractivity contribution in [3.05, 3.63) is 17.0 Å². The molecule has 1 aromatic heterocycles. The SMILES string of the molecule is Cc1cnc(Cl)nc1NCC(O)C(C)C. The van der Waals surface area contributed by atoms with Crippen LogP contribution in [0.4, 0.5) is 5.82 Å². The third-order valence-electron chi connectivity index (χ3n) is 2.19. The minimum Gasteiger partial charge on any atom is -0.391 e. The first-order valence-electron chi connectivity index (χ1n) is 4.91. The van der Waals surface area contributed by atoms with Crippen LogP contribution in [0.5, 0.6) is 0 Å². The number of nitrogens with zero attached hydrogens (tertiary/aromatic N) is 2. The molecule has 0 amide bonds. The van der Waals surface area contributed by atoms with Crippen LogP contribution >= 0.6 is 11.6 Å². The Labute approximate surface area is 94.7 Å². The minimum atomic E-state index is -0.391. The van der Waals surface area contributed by atoms with Gasteiger partial charge >= 0.3 is 0 Å². The summed E-state index contributed by atoms with van der Waals surface area (Å²) in [5, 5.41) is 12.9. The molecule has 1 heterocycles. The summed E-state index contributed by atoms with van der Waals surface area (Å²) in [6, 6.07) is 0. The molecule has 5 heteroatoms. The van der Waals surface area contributed by atoms with Gasteiger partial charge in [-0.25, -0.2) is 9.97 Å². The van der Waals surface area contributed by atoms with Crippen molar-refractivity contribution < 1.29 is 5.11 Å². The molecule has 0 aliphatic carbocycles. The van der Waals surface area contributed by atoms with E-state index in [9.17, 15) is 5.11 Å². The standard InChI is InChI=1S/C10H16ClN3O/c1-6(2)8(15)5-12-9-7(3)4-13-10(11)14-9/h4,6,8,15H,5H2,1-3H3,(H,12,13,14). The number of hydrogen-bond donors (Lipinski definition) is 2. The van der Waals surface area contributed by atoms with E-state index in [1.165, 1.54) is 0 Å². The van der Waals surface area contributed by atoms with Crippen molar-refractivity contribution in [2.45, 2.75) is 26.9 Å². The quantitative estimate of drug-likeness (QED) is 0.774. The molecule has 1 rings (SSSR count). The Morgan fingerprint density at radius 1 is 1.53 bits per heavy atom. The molecule has 1 aromatic rings. The third-order valence-corrected chi connectivity index (χ3v) is 2.37. The van der Waals surface area contributed by atoms with Crippen molar-refractivity contribution in [3.8, 4) is 0 Å². The minimum absolute atomic E-state index is 0.210. The van der Waals surface area contributed by atoms with E-state index in [-0.39, 0.29) is 11.2 Å². The van der Waals surface area contributed by atoms with Crippen molar-refractivity contribution in [2.24, 2.45) is 5.92 Å². The van der Waals surface area contributed by atoms with Crippen LogP contribution in [0.3, 0.4) is 0 Å². The van der Waals surface area contributed by atoms with Gasteiger partial charge < -0.3 is 10.4 Å². The summed E-state index contributed by atoms with van der Waals surface area (Å²) in [6.07, 6.45) is 1.26. The molecule has 0 fully saturated rings. The number of nitrogens with one attached hydrogen (secondary N) is 1. The number of halogens is 1. The van der Waals surface area contributed by atoms with Gasteiger partial charge in [0.05, 0.1) is 6.10 Å². The predicted molar refractivity (Wildman–Crippen MR) is 61.1 cm³/mol. The van der Waals surface area contributed by atoms with Crippen LogP contribution in [0.15, 0.2) is 6.20 Å². The zero-order valence-corrected chi connectivity index (χ0v) is 9.91. The number of rotatable bonds is 4. The molecule has 4 nitrogen and oxygen atoms in total. The molecule has 15 heavy (non-hydrogen) atoms. The Hall–Kier alpha value is -0.870. The van der Waals surface area contributed by atoms with Crippen molar-refractivity contribution >= 4 is 17.4 Å². The lowest BCUT2D eigenvalue weighted by molar-refractivity contribution is 0.138. The second-order valence-electron chi connectivity index (χ2n) is 3.86. The van der Waals surface area contributed by atoms with Crippen molar-refractivity contribution in [1.29, 1.82) is 0 Å². The Kier molecular flexibility index (Phi) is 4.29. The first kappa shape index (κ1) is 12.2. The fourth-order valence-corrected chi connectivity index (χ4v) is 1.17. The largest absolute Gasteiger partial charge is 0.391 e. The smallest absolute Gasteiger partial charge is 0.224 e. The second-order valence-corrected chi connectivity index (χ2v) is 4.20. The predicted octanol–water partition coefficient (Wildman–Crippen LogP) is 1.87. The molecule has 1 atom stereocenters. The van der Waals surface area contributed by atoms with Crippen molar-refractivity contribution in [1.82, 2.24) is 9.97 Å². The lowest BCUT2D eigenvalue weighted by Crippen LogP contribution is -2.25. The highest BCUT2D eigenvalue weighted by Gasteiger charge is 2.10. The molecule has 1 unspecified atom stereocenters. The van der Waals surface area contributed by atoms with Crippen LogP contribution < -0.4 is 5.32 Å². The summed E-state index contributed by atoms with van der Waals surface area (Å²) in [5.74, 6) is 0.893. The molecule has 0 radical (unpaired) electrons. The number of hydrogen-bond acceptors (Lipinski definition) is 4. The van der Waals surface area contributed by atoms with Crippen LogP contribution in [0.25, 0.3) is 0 Å². The Morgan fingerprint density at radius 3 is 2.80 bits per heavy atom. The Morgan fingerprint density at radius 2 is 2.20 bits per heavy atom. The number of aliphatic hydroxyl groups is 1. The Balaban J connectivity index is 2.61. The van der Waals surface area contributed by atoms with E-state index in [4.69, 9.17) is 11.6 Å². The molecule has 0 aliphatic rings.